The molecule has 35 heavy (non-hydrogen) atoms. The highest BCUT2D eigenvalue weighted by Crippen LogP contribution is 2.30. The third-order valence-electron chi connectivity index (χ3n) is 5.15. The van der Waals surface area contributed by atoms with Crippen LogP contribution in [-0.2, 0) is 10.0 Å². The first-order valence-corrected chi connectivity index (χ1v) is 13.2. The number of thiazole rings is 1. The average molecular weight is 535 g/mol. The number of sulfonamides is 1. The van der Waals surface area contributed by atoms with Crippen LogP contribution in [0, 0.1) is 0 Å². The fourth-order valence-corrected chi connectivity index (χ4v) is 5.81. The first kappa shape index (κ1) is 28.7. The highest BCUT2D eigenvalue weighted by Gasteiger charge is 2.25. The van der Waals surface area contributed by atoms with Crippen LogP contribution in [0.15, 0.2) is 78.7 Å². The van der Waals surface area contributed by atoms with Crippen molar-refractivity contribution in [3.8, 4) is 0 Å². The number of hydrogen-bond donors (Lipinski definition) is 0. The van der Waals surface area contributed by atoms with Gasteiger partial charge >= 0.3 is 0 Å². The smallest absolute Gasteiger partial charge is 0.260 e. The van der Waals surface area contributed by atoms with Crippen molar-refractivity contribution in [2.45, 2.75) is 11.3 Å². The van der Waals surface area contributed by atoms with E-state index in [2.05, 4.69) is 23.0 Å². The Bertz CT molecular complexity index is 1210. The van der Waals surface area contributed by atoms with Crippen molar-refractivity contribution in [1.29, 1.82) is 0 Å². The molecule has 0 fully saturated rings. The maximum Gasteiger partial charge on any atom is 0.260 e. The van der Waals surface area contributed by atoms with Gasteiger partial charge in [0.1, 0.15) is 0 Å². The lowest BCUT2D eigenvalue weighted by atomic mass is 10.2. The van der Waals surface area contributed by atoms with Gasteiger partial charge in [0.05, 0.1) is 15.1 Å². The van der Waals surface area contributed by atoms with Gasteiger partial charge in [-0.25, -0.2) is 13.4 Å². The lowest BCUT2D eigenvalue weighted by Gasteiger charge is -2.22. The molecule has 0 spiro atoms. The van der Waals surface area contributed by atoms with Crippen LogP contribution in [0.5, 0.6) is 0 Å². The summed E-state index contributed by atoms with van der Waals surface area (Å²) in [6.07, 6.45) is 3.84. The molecule has 188 valence electrons. The van der Waals surface area contributed by atoms with E-state index in [1.807, 2.05) is 38.4 Å². The molecule has 0 aliphatic carbocycles. The predicted octanol–water partition coefficient (Wildman–Crippen LogP) is 4.68. The number of amides is 1. The van der Waals surface area contributed by atoms with Crippen molar-refractivity contribution in [1.82, 2.24) is 14.2 Å². The van der Waals surface area contributed by atoms with E-state index in [0.29, 0.717) is 17.2 Å². The van der Waals surface area contributed by atoms with E-state index >= 15 is 0 Å². The summed E-state index contributed by atoms with van der Waals surface area (Å²) < 4.78 is 28.2. The molecule has 0 aliphatic heterocycles. The van der Waals surface area contributed by atoms with Crippen LogP contribution in [0.2, 0.25) is 0 Å². The number of fused-ring (bicyclic) bond motifs is 1. The van der Waals surface area contributed by atoms with E-state index in [9.17, 15) is 13.2 Å². The Morgan fingerprint density at radius 3 is 2.20 bits per heavy atom. The van der Waals surface area contributed by atoms with Gasteiger partial charge in [-0.1, -0.05) is 35.6 Å². The number of carbonyl (C=O) groups is 1. The number of hydrogen-bond acceptors (Lipinski definition) is 6. The summed E-state index contributed by atoms with van der Waals surface area (Å²) in [5.74, 6) is -0.212. The maximum atomic E-state index is 13.5. The summed E-state index contributed by atoms with van der Waals surface area (Å²) in [5, 5.41) is 0.629. The second kappa shape index (κ2) is 12.9. The molecule has 1 heterocycles. The Labute approximate surface area is 217 Å². The predicted molar refractivity (Wildman–Crippen MR) is 147 cm³/mol. The quantitative estimate of drug-likeness (QED) is 0.315. The van der Waals surface area contributed by atoms with Gasteiger partial charge in [0, 0.05) is 25.2 Å². The van der Waals surface area contributed by atoms with Crippen LogP contribution in [0.4, 0.5) is 5.13 Å². The topological polar surface area (TPSA) is 73.8 Å². The number of carbonyl (C=O) groups excluding carboxylic acids is 1. The molecule has 0 saturated carbocycles. The summed E-state index contributed by atoms with van der Waals surface area (Å²) in [5.41, 5.74) is 1.25. The fraction of sp³-hybridized carbons (Fsp3) is 0.280. The second-order valence-electron chi connectivity index (χ2n) is 8.00. The summed E-state index contributed by atoms with van der Waals surface area (Å²) >= 11 is 1.47. The Morgan fingerprint density at radius 2 is 1.63 bits per heavy atom. The number of aromatic nitrogens is 1. The zero-order valence-electron chi connectivity index (χ0n) is 20.0. The summed E-state index contributed by atoms with van der Waals surface area (Å²) in [4.78, 5) is 22.0. The molecule has 1 aromatic heterocycles. The third kappa shape index (κ3) is 6.99. The molecule has 0 aliphatic rings. The Balaban J connectivity index is 0.00000432. The molecular formula is C25H31ClN4O3S2. The van der Waals surface area contributed by atoms with E-state index in [1.165, 1.54) is 39.9 Å². The van der Waals surface area contributed by atoms with Gasteiger partial charge in [-0.2, -0.15) is 4.31 Å². The zero-order valence-corrected chi connectivity index (χ0v) is 22.4. The monoisotopic (exact) mass is 534 g/mol. The maximum absolute atomic E-state index is 13.5. The van der Waals surface area contributed by atoms with Gasteiger partial charge in [-0.15, -0.1) is 25.6 Å². The first-order valence-electron chi connectivity index (χ1n) is 10.9. The van der Waals surface area contributed by atoms with E-state index < -0.39 is 10.0 Å². The van der Waals surface area contributed by atoms with Crippen molar-refractivity contribution in [3.63, 3.8) is 0 Å². The van der Waals surface area contributed by atoms with Crippen LogP contribution >= 0.6 is 23.7 Å². The molecule has 0 bridgehead atoms. The number of rotatable bonds is 12. The van der Waals surface area contributed by atoms with E-state index in [-0.39, 0.29) is 36.3 Å². The molecule has 0 saturated heterocycles. The molecule has 0 unspecified atom stereocenters. The Morgan fingerprint density at radius 1 is 1.00 bits per heavy atom. The second-order valence-corrected chi connectivity index (χ2v) is 10.9. The van der Waals surface area contributed by atoms with Crippen LogP contribution in [0.25, 0.3) is 10.2 Å². The summed E-state index contributed by atoms with van der Waals surface area (Å²) in [6, 6.07) is 13.8. The van der Waals surface area contributed by atoms with Gasteiger partial charge in [0.2, 0.25) is 10.0 Å². The number of anilines is 1. The number of para-hydroxylation sites is 1. The van der Waals surface area contributed by atoms with Gasteiger partial charge in [0.25, 0.3) is 5.91 Å². The van der Waals surface area contributed by atoms with Crippen molar-refractivity contribution >= 4 is 55.0 Å². The van der Waals surface area contributed by atoms with Crippen LogP contribution in [-0.4, -0.2) is 68.8 Å². The molecule has 1 amide bonds. The average Bonchev–Trinajstić information content (AvgIpc) is 3.25. The van der Waals surface area contributed by atoms with Gasteiger partial charge in [-0.3, -0.25) is 9.69 Å². The molecule has 0 radical (unpaired) electrons. The molecule has 10 heteroatoms. The van der Waals surface area contributed by atoms with Crippen molar-refractivity contribution in [3.05, 3.63) is 79.4 Å². The Kier molecular flexibility index (Phi) is 10.6. The van der Waals surface area contributed by atoms with Crippen molar-refractivity contribution < 1.29 is 13.2 Å². The SMILES string of the molecule is C=CCN(CC=C)S(=O)(=O)c1ccc(C(=O)N(CCCN(C)C)c2nc3ccccc3s2)cc1.Cl. The van der Waals surface area contributed by atoms with Gasteiger partial charge in [-0.05, 0) is 63.5 Å². The largest absolute Gasteiger partial charge is 0.309 e. The van der Waals surface area contributed by atoms with Crippen LogP contribution in [0.1, 0.15) is 16.8 Å². The van der Waals surface area contributed by atoms with Gasteiger partial charge < -0.3 is 4.90 Å². The summed E-state index contributed by atoms with van der Waals surface area (Å²) in [6.45, 7) is 8.93. The molecule has 0 N–H and O–H groups in total. The molecule has 3 aromatic rings. The zero-order chi connectivity index (χ0) is 24.7. The van der Waals surface area contributed by atoms with E-state index in [1.54, 1.807) is 17.0 Å². The minimum absolute atomic E-state index is 0. The van der Waals surface area contributed by atoms with E-state index in [0.717, 1.165) is 23.2 Å². The Hall–Kier alpha value is -2.56. The highest BCUT2D eigenvalue weighted by molar-refractivity contribution is 7.89. The lowest BCUT2D eigenvalue weighted by Crippen LogP contribution is -2.33. The van der Waals surface area contributed by atoms with Crippen molar-refractivity contribution in [2.75, 3.05) is 45.2 Å². The third-order valence-corrected chi connectivity index (χ3v) is 8.06. The minimum atomic E-state index is -3.73. The minimum Gasteiger partial charge on any atom is -0.309 e. The molecular weight excluding hydrogens is 504 g/mol. The molecule has 2 aromatic carbocycles. The van der Waals surface area contributed by atoms with Gasteiger partial charge in [0.15, 0.2) is 5.13 Å². The standard InChI is InChI=1S/C25H30N4O3S2.ClH/c1-5-16-28(17-6-2)34(31,32)21-14-12-20(13-15-21)24(30)29(19-9-18-27(3)4)25-26-22-10-7-8-11-23(22)33-25;/h5-8,10-15H,1-2,9,16-19H2,3-4H3;1H. The first-order chi connectivity index (χ1) is 16.3. The van der Waals surface area contributed by atoms with Crippen LogP contribution < -0.4 is 4.90 Å². The highest BCUT2D eigenvalue weighted by atomic mass is 35.5. The van der Waals surface area contributed by atoms with Crippen LogP contribution in [0.3, 0.4) is 0 Å². The lowest BCUT2D eigenvalue weighted by molar-refractivity contribution is 0.0986. The van der Waals surface area contributed by atoms with E-state index in [4.69, 9.17) is 0 Å². The molecule has 7 nitrogen and oxygen atoms in total. The summed E-state index contributed by atoms with van der Waals surface area (Å²) in [7, 11) is 0.251. The fourth-order valence-electron chi connectivity index (χ4n) is 3.44. The number of nitrogens with zero attached hydrogens (tertiary/aromatic N) is 4. The number of benzene rings is 2. The van der Waals surface area contributed by atoms with Crippen molar-refractivity contribution in [2.24, 2.45) is 0 Å². The normalized spacial score (nSPS) is 11.4. The molecule has 0 atom stereocenters. The number of halogens is 1. The molecule has 3 rings (SSSR count).